The third-order valence-electron chi connectivity index (χ3n) is 3.52. The van der Waals surface area contributed by atoms with Gasteiger partial charge in [0.2, 0.25) is 0 Å². The molecular weight excluding hydrogens is 280 g/mol. The molecule has 2 aliphatic carbocycles. The number of nitrogens with one attached hydrogen (secondary N) is 1. The normalized spacial score (nSPS) is 19.4. The SMILES string of the molecule is O=C(NC(C1CC1)C1CC1)c1ccc(Br)cn1. The Morgan fingerprint density at radius 1 is 1.29 bits per heavy atom. The van der Waals surface area contributed by atoms with Crippen molar-refractivity contribution in [2.75, 3.05) is 0 Å². The van der Waals surface area contributed by atoms with E-state index in [-0.39, 0.29) is 5.91 Å². The van der Waals surface area contributed by atoms with E-state index in [2.05, 4.69) is 26.2 Å². The Bertz CT molecular complexity index is 412. The highest BCUT2D eigenvalue weighted by atomic mass is 79.9. The molecule has 0 saturated heterocycles. The van der Waals surface area contributed by atoms with E-state index in [0.717, 1.165) is 16.3 Å². The van der Waals surface area contributed by atoms with Crippen molar-refractivity contribution in [3.63, 3.8) is 0 Å². The van der Waals surface area contributed by atoms with Gasteiger partial charge in [-0.1, -0.05) is 0 Å². The molecule has 1 aromatic heterocycles. The van der Waals surface area contributed by atoms with Crippen molar-refractivity contribution in [1.82, 2.24) is 10.3 Å². The summed E-state index contributed by atoms with van der Waals surface area (Å²) in [6, 6.07) is 4.01. The van der Waals surface area contributed by atoms with Crippen LogP contribution in [0.2, 0.25) is 0 Å². The van der Waals surface area contributed by atoms with Crippen molar-refractivity contribution >= 4 is 21.8 Å². The van der Waals surface area contributed by atoms with E-state index in [0.29, 0.717) is 11.7 Å². The number of rotatable bonds is 4. The monoisotopic (exact) mass is 294 g/mol. The van der Waals surface area contributed by atoms with Gasteiger partial charge in [-0.3, -0.25) is 4.79 Å². The van der Waals surface area contributed by atoms with Crippen LogP contribution in [0.3, 0.4) is 0 Å². The van der Waals surface area contributed by atoms with Gasteiger partial charge in [-0.05, 0) is 65.6 Å². The zero-order valence-corrected chi connectivity index (χ0v) is 11.1. The molecule has 0 aliphatic heterocycles. The summed E-state index contributed by atoms with van der Waals surface area (Å²) in [5.41, 5.74) is 0.513. The summed E-state index contributed by atoms with van der Waals surface area (Å²) in [5.74, 6) is 1.42. The molecule has 0 aromatic carbocycles. The zero-order valence-electron chi connectivity index (χ0n) is 9.53. The Morgan fingerprint density at radius 2 is 1.94 bits per heavy atom. The fourth-order valence-corrected chi connectivity index (χ4v) is 2.50. The number of halogens is 1. The van der Waals surface area contributed by atoms with Crippen molar-refractivity contribution in [3.05, 3.63) is 28.5 Å². The molecule has 2 aliphatic rings. The largest absolute Gasteiger partial charge is 0.347 e. The van der Waals surface area contributed by atoms with Gasteiger partial charge in [-0.15, -0.1) is 0 Å². The molecule has 1 amide bonds. The summed E-state index contributed by atoms with van der Waals surface area (Å²) < 4.78 is 0.898. The lowest BCUT2D eigenvalue weighted by Crippen LogP contribution is -2.38. The Hall–Kier alpha value is -0.900. The van der Waals surface area contributed by atoms with Gasteiger partial charge in [0.1, 0.15) is 5.69 Å². The number of amides is 1. The molecule has 0 unspecified atom stereocenters. The molecule has 1 N–H and O–H groups in total. The summed E-state index contributed by atoms with van der Waals surface area (Å²) in [6.45, 7) is 0. The van der Waals surface area contributed by atoms with Crippen LogP contribution in [-0.4, -0.2) is 16.9 Å². The molecule has 17 heavy (non-hydrogen) atoms. The first-order valence-corrected chi connectivity index (χ1v) is 6.96. The first-order chi connectivity index (χ1) is 8.24. The molecule has 2 fully saturated rings. The minimum absolute atomic E-state index is 0.0266. The van der Waals surface area contributed by atoms with Crippen LogP contribution in [-0.2, 0) is 0 Å². The van der Waals surface area contributed by atoms with Crippen molar-refractivity contribution in [2.24, 2.45) is 11.8 Å². The predicted octanol–water partition coefficient (Wildman–Crippen LogP) is 2.76. The summed E-state index contributed by atoms with van der Waals surface area (Å²) >= 11 is 3.32. The molecule has 1 heterocycles. The van der Waals surface area contributed by atoms with Gasteiger partial charge >= 0.3 is 0 Å². The van der Waals surface area contributed by atoms with Crippen LogP contribution in [0.1, 0.15) is 36.2 Å². The maximum absolute atomic E-state index is 12.0. The third kappa shape index (κ3) is 2.68. The maximum Gasteiger partial charge on any atom is 0.270 e. The van der Waals surface area contributed by atoms with Crippen LogP contribution in [0.15, 0.2) is 22.8 Å². The Balaban J connectivity index is 1.67. The number of carbonyl (C=O) groups is 1. The van der Waals surface area contributed by atoms with E-state index in [4.69, 9.17) is 0 Å². The Kier molecular flexibility index (Phi) is 2.90. The summed E-state index contributed by atoms with van der Waals surface area (Å²) in [5, 5.41) is 3.16. The lowest BCUT2D eigenvalue weighted by molar-refractivity contribution is 0.0921. The molecule has 3 rings (SSSR count). The highest BCUT2D eigenvalue weighted by Gasteiger charge is 2.42. The summed E-state index contributed by atoms with van der Waals surface area (Å²) in [4.78, 5) is 16.2. The second kappa shape index (κ2) is 4.41. The fraction of sp³-hybridized carbons (Fsp3) is 0.538. The molecule has 0 bridgehead atoms. The lowest BCUT2D eigenvalue weighted by Gasteiger charge is -2.17. The van der Waals surface area contributed by atoms with E-state index >= 15 is 0 Å². The van der Waals surface area contributed by atoms with Crippen molar-refractivity contribution in [1.29, 1.82) is 0 Å². The molecule has 0 radical (unpaired) electrons. The topological polar surface area (TPSA) is 42.0 Å². The standard InChI is InChI=1S/C13H15BrN2O/c14-10-5-6-11(15-7-10)13(17)16-12(8-1-2-8)9-3-4-9/h5-9,12H,1-4H2,(H,16,17). The van der Waals surface area contributed by atoms with E-state index in [1.807, 2.05) is 6.07 Å². The summed E-state index contributed by atoms with van der Waals surface area (Å²) in [7, 11) is 0. The zero-order chi connectivity index (χ0) is 11.8. The number of hydrogen-bond acceptors (Lipinski definition) is 2. The molecule has 3 nitrogen and oxygen atoms in total. The van der Waals surface area contributed by atoms with Gasteiger partial charge < -0.3 is 5.32 Å². The molecule has 90 valence electrons. The average Bonchev–Trinajstić information content (AvgIpc) is 3.17. The van der Waals surface area contributed by atoms with E-state index in [1.54, 1.807) is 12.3 Å². The minimum Gasteiger partial charge on any atom is -0.347 e. The second-order valence-corrected chi connectivity index (χ2v) is 5.95. The van der Waals surface area contributed by atoms with Crippen LogP contribution in [0.25, 0.3) is 0 Å². The van der Waals surface area contributed by atoms with Crippen LogP contribution < -0.4 is 5.32 Å². The van der Waals surface area contributed by atoms with Crippen LogP contribution in [0.5, 0.6) is 0 Å². The average molecular weight is 295 g/mol. The fourth-order valence-electron chi connectivity index (χ4n) is 2.27. The number of pyridine rings is 1. The van der Waals surface area contributed by atoms with E-state index < -0.39 is 0 Å². The van der Waals surface area contributed by atoms with E-state index in [1.165, 1.54) is 25.7 Å². The Morgan fingerprint density at radius 3 is 2.41 bits per heavy atom. The van der Waals surface area contributed by atoms with Crippen LogP contribution in [0, 0.1) is 11.8 Å². The van der Waals surface area contributed by atoms with Crippen molar-refractivity contribution < 1.29 is 4.79 Å². The maximum atomic E-state index is 12.0. The number of carbonyl (C=O) groups excluding carboxylic acids is 1. The molecule has 4 heteroatoms. The first-order valence-electron chi connectivity index (χ1n) is 6.16. The van der Waals surface area contributed by atoms with Gasteiger partial charge in [-0.2, -0.15) is 0 Å². The molecular formula is C13H15BrN2O. The van der Waals surface area contributed by atoms with Gasteiger partial charge in [0, 0.05) is 16.7 Å². The number of hydrogen-bond donors (Lipinski definition) is 1. The van der Waals surface area contributed by atoms with Crippen LogP contribution in [0.4, 0.5) is 0 Å². The Labute approximate surface area is 109 Å². The van der Waals surface area contributed by atoms with E-state index in [9.17, 15) is 4.79 Å². The smallest absolute Gasteiger partial charge is 0.270 e. The lowest BCUT2D eigenvalue weighted by atomic mass is 10.1. The number of aromatic nitrogens is 1. The molecule has 1 aromatic rings. The summed E-state index contributed by atoms with van der Waals surface area (Å²) in [6.07, 6.45) is 6.76. The second-order valence-electron chi connectivity index (χ2n) is 5.04. The molecule has 2 saturated carbocycles. The van der Waals surface area contributed by atoms with Crippen molar-refractivity contribution in [2.45, 2.75) is 31.7 Å². The van der Waals surface area contributed by atoms with Crippen LogP contribution >= 0.6 is 15.9 Å². The quantitative estimate of drug-likeness (QED) is 0.928. The van der Waals surface area contributed by atoms with Gasteiger partial charge in [0.15, 0.2) is 0 Å². The van der Waals surface area contributed by atoms with Gasteiger partial charge in [0.05, 0.1) is 0 Å². The molecule has 0 spiro atoms. The molecule has 0 atom stereocenters. The number of nitrogens with zero attached hydrogens (tertiary/aromatic N) is 1. The highest BCUT2D eigenvalue weighted by Crippen LogP contribution is 2.44. The van der Waals surface area contributed by atoms with Gasteiger partial charge in [0.25, 0.3) is 5.91 Å². The highest BCUT2D eigenvalue weighted by molar-refractivity contribution is 9.10. The minimum atomic E-state index is -0.0266. The van der Waals surface area contributed by atoms with Gasteiger partial charge in [-0.25, -0.2) is 4.98 Å². The predicted molar refractivity (Wildman–Crippen MR) is 68.6 cm³/mol. The van der Waals surface area contributed by atoms with Crippen molar-refractivity contribution in [3.8, 4) is 0 Å². The first kappa shape index (κ1) is 11.2. The third-order valence-corrected chi connectivity index (χ3v) is 3.99.